The molecule has 1 aliphatic rings. The number of nitrogens with one attached hydrogen (secondary N) is 1. The SMILES string of the molecule is CCn1ccnc1C(C)(F)CC1COCCN1. The molecule has 2 rings (SSSR count). The lowest BCUT2D eigenvalue weighted by Crippen LogP contribution is -2.44. The van der Waals surface area contributed by atoms with Crippen LogP contribution in [-0.4, -0.2) is 35.4 Å². The van der Waals surface area contributed by atoms with Gasteiger partial charge in [-0.15, -0.1) is 0 Å². The second-order valence-electron chi connectivity index (χ2n) is 4.66. The van der Waals surface area contributed by atoms with Crippen LogP contribution in [0, 0.1) is 0 Å². The van der Waals surface area contributed by atoms with Crippen molar-refractivity contribution in [2.45, 2.75) is 38.5 Å². The minimum Gasteiger partial charge on any atom is -0.379 e. The van der Waals surface area contributed by atoms with Gasteiger partial charge in [0.1, 0.15) is 5.82 Å². The minimum atomic E-state index is -1.42. The summed E-state index contributed by atoms with van der Waals surface area (Å²) in [6.45, 7) is 6.41. The van der Waals surface area contributed by atoms with E-state index in [2.05, 4.69) is 10.3 Å². The zero-order valence-electron chi connectivity index (χ0n) is 10.4. The van der Waals surface area contributed by atoms with E-state index in [1.54, 1.807) is 13.1 Å². The molecule has 0 spiro atoms. The van der Waals surface area contributed by atoms with Crippen LogP contribution in [0.4, 0.5) is 4.39 Å². The van der Waals surface area contributed by atoms with Crippen molar-refractivity contribution >= 4 is 0 Å². The summed E-state index contributed by atoms with van der Waals surface area (Å²) in [7, 11) is 0. The first kappa shape index (κ1) is 12.5. The van der Waals surface area contributed by atoms with Gasteiger partial charge in [0, 0.05) is 37.9 Å². The molecule has 0 bridgehead atoms. The lowest BCUT2D eigenvalue weighted by Gasteiger charge is -2.29. The molecule has 2 unspecified atom stereocenters. The summed E-state index contributed by atoms with van der Waals surface area (Å²) in [6, 6.07) is 0.0701. The lowest BCUT2D eigenvalue weighted by molar-refractivity contribution is 0.0439. The standard InChI is InChI=1S/C12H20FN3O/c1-3-16-6-4-15-11(16)12(2,13)8-10-9-17-7-5-14-10/h4,6,10,14H,3,5,7-9H2,1-2H3. The molecule has 4 nitrogen and oxygen atoms in total. The Hall–Kier alpha value is -0.940. The van der Waals surface area contributed by atoms with E-state index in [1.165, 1.54) is 0 Å². The van der Waals surface area contributed by atoms with Crippen molar-refractivity contribution in [2.24, 2.45) is 0 Å². The van der Waals surface area contributed by atoms with E-state index in [9.17, 15) is 4.39 Å². The zero-order valence-corrected chi connectivity index (χ0v) is 10.4. The Kier molecular flexibility index (Phi) is 3.79. The molecule has 1 aromatic rings. The van der Waals surface area contributed by atoms with Crippen LogP contribution in [0.5, 0.6) is 0 Å². The van der Waals surface area contributed by atoms with Crippen molar-refractivity contribution in [3.05, 3.63) is 18.2 Å². The molecule has 1 N–H and O–H groups in total. The van der Waals surface area contributed by atoms with Gasteiger partial charge in [0.25, 0.3) is 0 Å². The molecule has 5 heteroatoms. The van der Waals surface area contributed by atoms with E-state index in [0.717, 1.165) is 13.1 Å². The number of aryl methyl sites for hydroxylation is 1. The summed E-state index contributed by atoms with van der Waals surface area (Å²) >= 11 is 0. The maximum absolute atomic E-state index is 14.7. The summed E-state index contributed by atoms with van der Waals surface area (Å²) in [6.07, 6.45) is 3.86. The van der Waals surface area contributed by atoms with Gasteiger partial charge < -0.3 is 14.6 Å². The fraction of sp³-hybridized carbons (Fsp3) is 0.750. The fourth-order valence-corrected chi connectivity index (χ4v) is 2.32. The number of nitrogens with zero attached hydrogens (tertiary/aromatic N) is 2. The second-order valence-corrected chi connectivity index (χ2v) is 4.66. The topological polar surface area (TPSA) is 39.1 Å². The van der Waals surface area contributed by atoms with Crippen LogP contribution < -0.4 is 5.32 Å². The second kappa shape index (κ2) is 5.14. The van der Waals surface area contributed by atoms with Crippen LogP contribution in [0.1, 0.15) is 26.1 Å². The van der Waals surface area contributed by atoms with Crippen molar-refractivity contribution in [1.29, 1.82) is 0 Å². The van der Waals surface area contributed by atoms with Crippen LogP contribution in [0.2, 0.25) is 0 Å². The zero-order chi connectivity index (χ0) is 12.3. The highest BCUT2D eigenvalue weighted by Crippen LogP contribution is 2.29. The number of aromatic nitrogens is 2. The normalized spacial score (nSPS) is 24.5. The van der Waals surface area contributed by atoms with Crippen LogP contribution in [-0.2, 0) is 17.0 Å². The predicted molar refractivity (Wildman–Crippen MR) is 63.6 cm³/mol. The Morgan fingerprint density at radius 1 is 1.71 bits per heavy atom. The third kappa shape index (κ3) is 2.84. The van der Waals surface area contributed by atoms with Crippen LogP contribution in [0.25, 0.3) is 0 Å². The van der Waals surface area contributed by atoms with Gasteiger partial charge in [0.05, 0.1) is 13.2 Å². The van der Waals surface area contributed by atoms with Crippen molar-refractivity contribution < 1.29 is 9.13 Å². The Morgan fingerprint density at radius 3 is 3.18 bits per heavy atom. The molecule has 2 heterocycles. The third-order valence-corrected chi connectivity index (χ3v) is 3.15. The van der Waals surface area contributed by atoms with Gasteiger partial charge in [0.15, 0.2) is 5.67 Å². The summed E-state index contributed by atoms with van der Waals surface area (Å²) in [5.74, 6) is 0.507. The number of halogens is 1. The quantitative estimate of drug-likeness (QED) is 0.867. The molecule has 0 aromatic carbocycles. The Bertz CT molecular complexity index is 358. The Balaban J connectivity index is 2.06. The summed E-state index contributed by atoms with van der Waals surface area (Å²) in [4.78, 5) is 4.14. The largest absolute Gasteiger partial charge is 0.379 e. The number of morpholine rings is 1. The molecular weight excluding hydrogens is 221 g/mol. The highest BCUT2D eigenvalue weighted by molar-refractivity contribution is 5.05. The number of hydrogen-bond acceptors (Lipinski definition) is 3. The van der Waals surface area contributed by atoms with Crippen molar-refractivity contribution in [2.75, 3.05) is 19.8 Å². The molecule has 2 atom stereocenters. The average Bonchev–Trinajstić information content (AvgIpc) is 2.78. The molecule has 17 heavy (non-hydrogen) atoms. The Labute approximate surface area is 101 Å². The van der Waals surface area contributed by atoms with Gasteiger partial charge in [-0.05, 0) is 13.8 Å². The molecule has 0 aliphatic carbocycles. The molecule has 1 saturated heterocycles. The van der Waals surface area contributed by atoms with Crippen molar-refractivity contribution in [3.8, 4) is 0 Å². The predicted octanol–water partition coefficient (Wildman–Crippen LogP) is 1.47. The fourth-order valence-electron chi connectivity index (χ4n) is 2.32. The number of alkyl halides is 1. The van der Waals surface area contributed by atoms with Crippen LogP contribution >= 0.6 is 0 Å². The van der Waals surface area contributed by atoms with E-state index in [1.807, 2.05) is 17.7 Å². The van der Waals surface area contributed by atoms with E-state index in [4.69, 9.17) is 4.74 Å². The van der Waals surface area contributed by atoms with Gasteiger partial charge in [0.2, 0.25) is 0 Å². The molecular formula is C12H20FN3O. The minimum absolute atomic E-state index is 0.0701. The molecule has 1 aliphatic heterocycles. The summed E-state index contributed by atoms with van der Waals surface area (Å²) in [5, 5.41) is 3.27. The number of imidazole rings is 1. The van der Waals surface area contributed by atoms with Gasteiger partial charge in [-0.3, -0.25) is 0 Å². The van der Waals surface area contributed by atoms with E-state index in [-0.39, 0.29) is 6.04 Å². The van der Waals surface area contributed by atoms with Crippen LogP contribution in [0.3, 0.4) is 0 Å². The van der Waals surface area contributed by atoms with E-state index in [0.29, 0.717) is 25.5 Å². The highest BCUT2D eigenvalue weighted by atomic mass is 19.1. The number of rotatable bonds is 4. The summed E-state index contributed by atoms with van der Waals surface area (Å²) < 4.78 is 21.9. The van der Waals surface area contributed by atoms with Crippen molar-refractivity contribution in [1.82, 2.24) is 14.9 Å². The molecule has 0 amide bonds. The van der Waals surface area contributed by atoms with Gasteiger partial charge in [-0.1, -0.05) is 0 Å². The number of ether oxygens (including phenoxy) is 1. The first-order valence-corrected chi connectivity index (χ1v) is 6.15. The van der Waals surface area contributed by atoms with Gasteiger partial charge >= 0.3 is 0 Å². The molecule has 96 valence electrons. The van der Waals surface area contributed by atoms with Gasteiger partial charge in [-0.2, -0.15) is 0 Å². The maximum atomic E-state index is 14.7. The van der Waals surface area contributed by atoms with E-state index < -0.39 is 5.67 Å². The Morgan fingerprint density at radius 2 is 2.53 bits per heavy atom. The van der Waals surface area contributed by atoms with E-state index >= 15 is 0 Å². The maximum Gasteiger partial charge on any atom is 0.167 e. The monoisotopic (exact) mass is 241 g/mol. The highest BCUT2D eigenvalue weighted by Gasteiger charge is 2.34. The third-order valence-electron chi connectivity index (χ3n) is 3.15. The van der Waals surface area contributed by atoms with Crippen molar-refractivity contribution in [3.63, 3.8) is 0 Å². The van der Waals surface area contributed by atoms with Gasteiger partial charge in [-0.25, -0.2) is 9.37 Å². The molecule has 1 aromatic heterocycles. The molecule has 0 saturated carbocycles. The first-order chi connectivity index (χ1) is 8.13. The lowest BCUT2D eigenvalue weighted by atomic mass is 9.97. The van der Waals surface area contributed by atoms with Crippen LogP contribution in [0.15, 0.2) is 12.4 Å². The molecule has 0 radical (unpaired) electrons. The summed E-state index contributed by atoms with van der Waals surface area (Å²) in [5.41, 5.74) is -1.42. The average molecular weight is 241 g/mol. The number of hydrogen-bond donors (Lipinski definition) is 1. The molecule has 1 fully saturated rings. The first-order valence-electron chi connectivity index (χ1n) is 6.15. The smallest absolute Gasteiger partial charge is 0.167 e.